The van der Waals surface area contributed by atoms with E-state index in [1.165, 1.54) is 0 Å². The molecular weight excluding hydrogens is 280 g/mol. The van der Waals surface area contributed by atoms with E-state index in [0.29, 0.717) is 18.8 Å². The number of carbonyl (C=O) groups is 1. The molecule has 0 bridgehead atoms. The van der Waals surface area contributed by atoms with Gasteiger partial charge in [-0.3, -0.25) is 4.79 Å². The summed E-state index contributed by atoms with van der Waals surface area (Å²) in [6, 6.07) is 9.76. The number of nitrogens with zero attached hydrogens (tertiary/aromatic N) is 4. The minimum absolute atomic E-state index is 0.0720. The van der Waals surface area contributed by atoms with Crippen LogP contribution in [0.4, 0.5) is 0 Å². The van der Waals surface area contributed by atoms with Crippen LogP contribution >= 0.6 is 0 Å². The Labute approximate surface area is 129 Å². The van der Waals surface area contributed by atoms with Crippen LogP contribution in [0.15, 0.2) is 36.5 Å². The van der Waals surface area contributed by atoms with E-state index in [-0.39, 0.29) is 24.5 Å². The second-order valence-electron chi connectivity index (χ2n) is 5.68. The molecule has 1 aliphatic heterocycles. The minimum atomic E-state index is 0.0720. The first-order valence-electron chi connectivity index (χ1n) is 7.51. The summed E-state index contributed by atoms with van der Waals surface area (Å²) in [6.07, 6.45) is 2.00. The minimum Gasteiger partial charge on any atom is -0.375 e. The number of ether oxygens (including phenoxy) is 1. The molecule has 2 atom stereocenters. The summed E-state index contributed by atoms with van der Waals surface area (Å²) in [5, 5.41) is 8.61. The lowest BCUT2D eigenvalue weighted by Crippen LogP contribution is -2.50. The third-order valence-electron chi connectivity index (χ3n) is 3.79. The van der Waals surface area contributed by atoms with Gasteiger partial charge in [-0.2, -0.15) is 15.0 Å². The van der Waals surface area contributed by atoms with Crippen LogP contribution in [0.3, 0.4) is 0 Å². The highest BCUT2D eigenvalue weighted by molar-refractivity contribution is 5.78. The molecule has 0 spiro atoms. The Bertz CT molecular complexity index is 641. The number of hydrogen-bond acceptors (Lipinski definition) is 4. The zero-order valence-corrected chi connectivity index (χ0v) is 12.8. The van der Waals surface area contributed by atoms with Crippen LogP contribution in [-0.4, -0.2) is 51.1 Å². The number of morpholine rings is 1. The summed E-state index contributed by atoms with van der Waals surface area (Å²) < 4.78 is 5.56. The summed E-state index contributed by atoms with van der Waals surface area (Å²) in [5.41, 5.74) is 1.56. The first kappa shape index (κ1) is 14.7. The lowest BCUT2D eigenvalue weighted by atomic mass is 10.2. The first-order valence-corrected chi connectivity index (χ1v) is 7.51. The molecule has 1 amide bonds. The maximum Gasteiger partial charge on any atom is 0.229 e. The van der Waals surface area contributed by atoms with Crippen LogP contribution in [-0.2, 0) is 16.0 Å². The van der Waals surface area contributed by atoms with Crippen LogP contribution in [0.1, 0.15) is 19.5 Å². The number of rotatable bonds is 3. The van der Waals surface area contributed by atoms with E-state index in [2.05, 4.69) is 10.2 Å². The number of aromatic nitrogens is 3. The normalized spacial score (nSPS) is 21.8. The molecule has 22 heavy (non-hydrogen) atoms. The molecule has 6 nitrogen and oxygen atoms in total. The van der Waals surface area contributed by atoms with Crippen LogP contribution in [0, 0.1) is 0 Å². The largest absolute Gasteiger partial charge is 0.375 e. The van der Waals surface area contributed by atoms with Gasteiger partial charge in [0, 0.05) is 6.54 Å². The smallest absolute Gasteiger partial charge is 0.229 e. The van der Waals surface area contributed by atoms with Crippen molar-refractivity contribution in [1.29, 1.82) is 0 Å². The molecule has 2 aromatic rings. The van der Waals surface area contributed by atoms with E-state index in [1.54, 1.807) is 11.0 Å². The predicted molar refractivity (Wildman–Crippen MR) is 81.7 cm³/mol. The Morgan fingerprint density at radius 3 is 2.86 bits per heavy atom. The van der Waals surface area contributed by atoms with Crippen molar-refractivity contribution in [3.8, 4) is 5.69 Å². The Morgan fingerprint density at radius 1 is 1.32 bits per heavy atom. The number of amides is 1. The van der Waals surface area contributed by atoms with E-state index in [4.69, 9.17) is 4.74 Å². The average Bonchev–Trinajstić information content (AvgIpc) is 2.99. The Kier molecular flexibility index (Phi) is 4.20. The molecule has 2 heterocycles. The first-order chi connectivity index (χ1) is 10.6. The summed E-state index contributed by atoms with van der Waals surface area (Å²) in [6.45, 7) is 5.21. The highest BCUT2D eigenvalue weighted by Gasteiger charge is 2.27. The Morgan fingerprint density at radius 2 is 2.09 bits per heavy atom. The summed E-state index contributed by atoms with van der Waals surface area (Å²) >= 11 is 0. The van der Waals surface area contributed by atoms with Crippen molar-refractivity contribution >= 4 is 5.91 Å². The van der Waals surface area contributed by atoms with Crippen molar-refractivity contribution in [3.63, 3.8) is 0 Å². The van der Waals surface area contributed by atoms with E-state index in [9.17, 15) is 4.79 Å². The molecule has 0 N–H and O–H groups in total. The van der Waals surface area contributed by atoms with Crippen LogP contribution in [0.5, 0.6) is 0 Å². The number of para-hydroxylation sites is 1. The molecular formula is C16H20N4O2. The highest BCUT2D eigenvalue weighted by Crippen LogP contribution is 2.13. The van der Waals surface area contributed by atoms with Gasteiger partial charge in [-0.1, -0.05) is 18.2 Å². The third-order valence-corrected chi connectivity index (χ3v) is 3.79. The Balaban J connectivity index is 1.68. The van der Waals surface area contributed by atoms with Crippen LogP contribution in [0.25, 0.3) is 5.69 Å². The van der Waals surface area contributed by atoms with Gasteiger partial charge in [0.2, 0.25) is 5.91 Å². The van der Waals surface area contributed by atoms with Crippen molar-refractivity contribution in [1.82, 2.24) is 19.9 Å². The lowest BCUT2D eigenvalue weighted by Gasteiger charge is -2.36. The predicted octanol–water partition coefficient (Wildman–Crippen LogP) is 1.45. The quantitative estimate of drug-likeness (QED) is 0.861. The fourth-order valence-corrected chi connectivity index (χ4v) is 2.57. The summed E-state index contributed by atoms with van der Waals surface area (Å²) in [4.78, 5) is 15.9. The molecule has 3 rings (SSSR count). The maximum atomic E-state index is 12.5. The second-order valence-corrected chi connectivity index (χ2v) is 5.68. The molecule has 6 heteroatoms. The third kappa shape index (κ3) is 3.17. The van der Waals surface area contributed by atoms with Crippen molar-refractivity contribution in [3.05, 3.63) is 42.2 Å². The molecule has 1 saturated heterocycles. The monoisotopic (exact) mass is 300 g/mol. The molecule has 0 unspecified atom stereocenters. The highest BCUT2D eigenvalue weighted by atomic mass is 16.5. The van der Waals surface area contributed by atoms with Crippen LogP contribution in [0.2, 0.25) is 0 Å². The van der Waals surface area contributed by atoms with Crippen LogP contribution < -0.4 is 0 Å². The molecule has 1 aromatic heterocycles. The fourth-order valence-electron chi connectivity index (χ4n) is 2.57. The summed E-state index contributed by atoms with van der Waals surface area (Å²) in [7, 11) is 0. The standard InChI is InChI=1S/C16H20N4O2/c1-12-11-22-13(2)10-19(12)16(21)8-14-9-17-20(18-14)15-6-4-3-5-7-15/h3-7,9,12-13H,8,10-11H2,1-2H3/t12-,13+/m0/s1. The number of benzene rings is 1. The molecule has 1 fully saturated rings. The maximum absolute atomic E-state index is 12.5. The van der Waals surface area contributed by atoms with Gasteiger partial charge in [-0.25, -0.2) is 0 Å². The molecule has 0 saturated carbocycles. The molecule has 0 aliphatic carbocycles. The summed E-state index contributed by atoms with van der Waals surface area (Å²) in [5.74, 6) is 0.0720. The van der Waals surface area contributed by atoms with Gasteiger partial charge in [0.25, 0.3) is 0 Å². The van der Waals surface area contributed by atoms with Gasteiger partial charge >= 0.3 is 0 Å². The van der Waals surface area contributed by atoms with Crippen molar-refractivity contribution in [2.24, 2.45) is 0 Å². The topological polar surface area (TPSA) is 60.2 Å². The van der Waals surface area contributed by atoms with Crippen molar-refractivity contribution in [2.75, 3.05) is 13.2 Å². The van der Waals surface area contributed by atoms with Gasteiger partial charge in [0.05, 0.1) is 42.8 Å². The van der Waals surface area contributed by atoms with Gasteiger partial charge in [0.15, 0.2) is 0 Å². The van der Waals surface area contributed by atoms with E-state index in [0.717, 1.165) is 5.69 Å². The van der Waals surface area contributed by atoms with E-state index in [1.807, 2.05) is 49.1 Å². The zero-order chi connectivity index (χ0) is 15.5. The van der Waals surface area contributed by atoms with Gasteiger partial charge in [-0.05, 0) is 26.0 Å². The molecule has 1 aromatic carbocycles. The van der Waals surface area contributed by atoms with Crippen molar-refractivity contribution in [2.45, 2.75) is 32.4 Å². The fraction of sp³-hybridized carbons (Fsp3) is 0.438. The van der Waals surface area contributed by atoms with E-state index >= 15 is 0 Å². The zero-order valence-electron chi connectivity index (χ0n) is 12.8. The van der Waals surface area contributed by atoms with E-state index < -0.39 is 0 Å². The van der Waals surface area contributed by atoms with Gasteiger partial charge < -0.3 is 9.64 Å². The number of hydrogen-bond donors (Lipinski definition) is 0. The number of carbonyl (C=O) groups excluding carboxylic acids is 1. The van der Waals surface area contributed by atoms with Gasteiger partial charge in [0.1, 0.15) is 0 Å². The molecule has 0 radical (unpaired) electrons. The lowest BCUT2D eigenvalue weighted by molar-refractivity contribution is -0.142. The Hall–Kier alpha value is -2.21. The van der Waals surface area contributed by atoms with Crippen molar-refractivity contribution < 1.29 is 9.53 Å². The van der Waals surface area contributed by atoms with Gasteiger partial charge in [-0.15, -0.1) is 0 Å². The molecule has 116 valence electrons. The second kappa shape index (κ2) is 6.27. The SMILES string of the molecule is C[C@@H]1CN(C(=O)Cc2cnn(-c3ccccc3)n2)[C@@H](C)CO1. The average molecular weight is 300 g/mol. The molecule has 1 aliphatic rings.